The first kappa shape index (κ1) is 9.66. The Balaban J connectivity index is 2.77. The minimum Gasteiger partial charge on any atom is -0.207 e. The zero-order valence-corrected chi connectivity index (χ0v) is 9.44. The summed E-state index contributed by atoms with van der Waals surface area (Å²) in [5.41, 5.74) is 1.25. The molecule has 0 heterocycles. The number of aryl methyl sites for hydroxylation is 1. The van der Waals surface area contributed by atoms with Crippen LogP contribution in [0.1, 0.15) is 12.5 Å². The zero-order chi connectivity index (χ0) is 10.1. The van der Waals surface area contributed by atoms with Gasteiger partial charge in [-0.25, -0.2) is 4.39 Å². The Morgan fingerprint density at radius 1 is 1.21 bits per heavy atom. The van der Waals surface area contributed by atoms with E-state index in [9.17, 15) is 4.39 Å². The zero-order valence-electron chi connectivity index (χ0n) is 7.85. The summed E-state index contributed by atoms with van der Waals surface area (Å²) in [6, 6.07) is 8.86. The van der Waals surface area contributed by atoms with Gasteiger partial charge >= 0.3 is 0 Å². The monoisotopic (exact) mass is 252 g/mol. The number of hydrogen-bond donors (Lipinski definition) is 0. The summed E-state index contributed by atoms with van der Waals surface area (Å²) in [5, 5.41) is 2.01. The van der Waals surface area contributed by atoms with Gasteiger partial charge in [0.15, 0.2) is 0 Å². The minimum atomic E-state index is -0.186. The van der Waals surface area contributed by atoms with Gasteiger partial charge in [0.2, 0.25) is 0 Å². The van der Waals surface area contributed by atoms with Gasteiger partial charge in [-0.1, -0.05) is 25.1 Å². The molecule has 0 nitrogen and oxygen atoms in total. The summed E-state index contributed by atoms with van der Waals surface area (Å²) in [6.45, 7) is 2.11. The fourth-order valence-corrected chi connectivity index (χ4v) is 2.35. The first-order chi connectivity index (χ1) is 6.72. The quantitative estimate of drug-likeness (QED) is 0.710. The largest absolute Gasteiger partial charge is 0.207 e. The summed E-state index contributed by atoms with van der Waals surface area (Å²) in [4.78, 5) is 0. The van der Waals surface area contributed by atoms with Crippen LogP contribution in [0.5, 0.6) is 0 Å². The first-order valence-electron chi connectivity index (χ1n) is 4.59. The van der Waals surface area contributed by atoms with Crippen LogP contribution in [0.4, 0.5) is 4.39 Å². The maximum Gasteiger partial charge on any atom is 0.123 e. The van der Waals surface area contributed by atoms with Crippen LogP contribution in [0.3, 0.4) is 0 Å². The van der Waals surface area contributed by atoms with Gasteiger partial charge in [-0.3, -0.25) is 0 Å². The molecule has 0 aromatic heterocycles. The molecule has 72 valence electrons. The molecule has 2 rings (SSSR count). The molecular weight excluding hydrogens is 243 g/mol. The summed E-state index contributed by atoms with van der Waals surface area (Å²) in [5.74, 6) is -0.186. The van der Waals surface area contributed by atoms with E-state index < -0.39 is 0 Å². The van der Waals surface area contributed by atoms with Crippen molar-refractivity contribution in [3.8, 4) is 0 Å². The lowest BCUT2D eigenvalue weighted by atomic mass is 10.1. The molecule has 0 atom stereocenters. The van der Waals surface area contributed by atoms with Crippen LogP contribution in [0, 0.1) is 5.82 Å². The van der Waals surface area contributed by atoms with E-state index in [1.54, 1.807) is 6.07 Å². The number of halogens is 2. The molecule has 0 fully saturated rings. The molecule has 0 saturated carbocycles. The van der Waals surface area contributed by atoms with Crippen LogP contribution >= 0.6 is 15.9 Å². The Kier molecular flexibility index (Phi) is 2.55. The second-order valence-corrected chi connectivity index (χ2v) is 4.05. The molecule has 2 heteroatoms. The Morgan fingerprint density at radius 2 is 2.00 bits per heavy atom. The third kappa shape index (κ3) is 1.55. The minimum absolute atomic E-state index is 0.186. The molecule has 0 saturated heterocycles. The maximum absolute atomic E-state index is 12.9. The van der Waals surface area contributed by atoms with Gasteiger partial charge in [-0.05, 0) is 50.8 Å². The highest BCUT2D eigenvalue weighted by atomic mass is 79.9. The van der Waals surface area contributed by atoms with E-state index in [-0.39, 0.29) is 5.82 Å². The molecule has 0 N–H and O–H groups in total. The van der Waals surface area contributed by atoms with Crippen molar-refractivity contribution < 1.29 is 4.39 Å². The van der Waals surface area contributed by atoms with Crippen LogP contribution in [-0.4, -0.2) is 0 Å². The lowest BCUT2D eigenvalue weighted by Crippen LogP contribution is -1.85. The van der Waals surface area contributed by atoms with E-state index in [0.29, 0.717) is 0 Å². The maximum atomic E-state index is 12.9. The first-order valence-corrected chi connectivity index (χ1v) is 5.38. The van der Waals surface area contributed by atoms with E-state index in [2.05, 4.69) is 22.9 Å². The van der Waals surface area contributed by atoms with Gasteiger partial charge in [-0.2, -0.15) is 0 Å². The van der Waals surface area contributed by atoms with E-state index in [1.807, 2.05) is 18.2 Å². The van der Waals surface area contributed by atoms with Crippen molar-refractivity contribution in [2.45, 2.75) is 13.3 Å². The molecule has 0 aliphatic rings. The number of hydrogen-bond acceptors (Lipinski definition) is 0. The fraction of sp³-hybridized carbons (Fsp3) is 0.167. The third-order valence-electron chi connectivity index (χ3n) is 2.38. The van der Waals surface area contributed by atoms with Crippen molar-refractivity contribution in [2.24, 2.45) is 0 Å². The molecule has 0 aliphatic carbocycles. The molecule has 2 aromatic rings. The predicted octanol–water partition coefficient (Wildman–Crippen LogP) is 4.30. The van der Waals surface area contributed by atoms with Crippen molar-refractivity contribution in [2.75, 3.05) is 0 Å². The van der Waals surface area contributed by atoms with Crippen molar-refractivity contribution in [1.29, 1.82) is 0 Å². The molecule has 0 radical (unpaired) electrons. The number of fused-ring (bicyclic) bond motifs is 1. The van der Waals surface area contributed by atoms with Crippen molar-refractivity contribution in [3.63, 3.8) is 0 Å². The van der Waals surface area contributed by atoms with Gasteiger partial charge < -0.3 is 0 Å². The summed E-state index contributed by atoms with van der Waals surface area (Å²) in [6.07, 6.45) is 0.980. The average molecular weight is 253 g/mol. The lowest BCUT2D eigenvalue weighted by Gasteiger charge is -2.05. The Morgan fingerprint density at radius 3 is 2.71 bits per heavy atom. The second-order valence-electron chi connectivity index (χ2n) is 3.26. The molecule has 14 heavy (non-hydrogen) atoms. The molecular formula is C12H10BrF. The van der Waals surface area contributed by atoms with E-state index in [0.717, 1.165) is 21.7 Å². The highest BCUT2D eigenvalue weighted by molar-refractivity contribution is 9.10. The summed E-state index contributed by atoms with van der Waals surface area (Å²) < 4.78 is 14.0. The third-order valence-corrected chi connectivity index (χ3v) is 3.31. The van der Waals surface area contributed by atoms with Crippen molar-refractivity contribution in [1.82, 2.24) is 0 Å². The topological polar surface area (TPSA) is 0 Å². The van der Waals surface area contributed by atoms with Crippen LogP contribution < -0.4 is 0 Å². The standard InChI is InChI=1S/C12H10BrF/c1-2-8-3-4-9-7-10(14)5-6-11(9)12(8)13/h3-7H,2H2,1H3. The summed E-state index contributed by atoms with van der Waals surface area (Å²) >= 11 is 3.54. The fourth-order valence-electron chi connectivity index (χ4n) is 1.58. The lowest BCUT2D eigenvalue weighted by molar-refractivity contribution is 0.629. The molecule has 0 spiro atoms. The van der Waals surface area contributed by atoms with Gasteiger partial charge in [0.05, 0.1) is 0 Å². The molecule has 0 amide bonds. The van der Waals surface area contributed by atoms with Gasteiger partial charge in [0.1, 0.15) is 5.82 Å². The highest BCUT2D eigenvalue weighted by Gasteiger charge is 2.03. The van der Waals surface area contributed by atoms with Crippen LogP contribution in [-0.2, 0) is 6.42 Å². The Bertz CT molecular complexity index is 477. The summed E-state index contributed by atoms with van der Waals surface area (Å²) in [7, 11) is 0. The SMILES string of the molecule is CCc1ccc2cc(F)ccc2c1Br. The van der Waals surface area contributed by atoms with Crippen molar-refractivity contribution >= 4 is 26.7 Å². The molecule has 0 bridgehead atoms. The molecule has 0 unspecified atom stereocenters. The van der Waals surface area contributed by atoms with Crippen LogP contribution in [0.15, 0.2) is 34.8 Å². The molecule has 2 aromatic carbocycles. The van der Waals surface area contributed by atoms with Crippen molar-refractivity contribution in [3.05, 3.63) is 46.2 Å². The van der Waals surface area contributed by atoms with E-state index in [1.165, 1.54) is 11.6 Å². The van der Waals surface area contributed by atoms with E-state index in [4.69, 9.17) is 0 Å². The van der Waals surface area contributed by atoms with Crippen LogP contribution in [0.25, 0.3) is 10.8 Å². The van der Waals surface area contributed by atoms with Gasteiger partial charge in [-0.15, -0.1) is 0 Å². The average Bonchev–Trinajstić information content (AvgIpc) is 2.18. The number of rotatable bonds is 1. The van der Waals surface area contributed by atoms with Crippen LogP contribution in [0.2, 0.25) is 0 Å². The highest BCUT2D eigenvalue weighted by Crippen LogP contribution is 2.28. The normalized spacial score (nSPS) is 10.8. The Hall–Kier alpha value is -0.890. The predicted molar refractivity (Wildman–Crippen MR) is 61.0 cm³/mol. The Labute approximate surface area is 90.9 Å². The molecule has 0 aliphatic heterocycles. The number of benzene rings is 2. The smallest absolute Gasteiger partial charge is 0.123 e. The van der Waals surface area contributed by atoms with Gasteiger partial charge in [0, 0.05) is 4.47 Å². The van der Waals surface area contributed by atoms with Gasteiger partial charge in [0.25, 0.3) is 0 Å². The second kappa shape index (κ2) is 3.70. The van der Waals surface area contributed by atoms with E-state index >= 15 is 0 Å².